The Morgan fingerprint density at radius 2 is 2.56 bits per heavy atom. The largest absolute Gasteiger partial charge is 0.456 e. The first-order valence-corrected chi connectivity index (χ1v) is 6.93. The average molecular weight is 287 g/mol. The Balaban J connectivity index is 2.74. The van der Waals surface area contributed by atoms with Gasteiger partial charge in [0, 0.05) is 15.5 Å². The molecule has 18 heavy (non-hydrogen) atoms. The van der Waals surface area contributed by atoms with E-state index in [1.807, 2.05) is 17.5 Å². The van der Waals surface area contributed by atoms with Crippen molar-refractivity contribution in [3.63, 3.8) is 0 Å². The second-order valence-electron chi connectivity index (χ2n) is 3.04. The summed E-state index contributed by atoms with van der Waals surface area (Å²) in [5.74, 6) is 0.686. The van der Waals surface area contributed by atoms with Crippen molar-refractivity contribution in [3.8, 4) is 0 Å². The average Bonchev–Trinajstić information content (AvgIpc) is 2.87. The fraction of sp³-hybridized carbons (Fsp3) is 0.273. The molecule has 1 unspecified atom stereocenters. The molecule has 0 aliphatic carbocycles. The number of carbonyl (C=O) groups excluding carboxylic acids is 1. The number of methoxy groups -OCH3 is 1. The molecule has 0 aromatic carbocycles. The fourth-order valence-electron chi connectivity index (χ4n) is 1.08. The van der Waals surface area contributed by atoms with Crippen LogP contribution in [0.2, 0.25) is 0 Å². The highest BCUT2D eigenvalue weighted by molar-refractivity contribution is 8.00. The van der Waals surface area contributed by atoms with Gasteiger partial charge in [-0.3, -0.25) is 10.0 Å². The van der Waals surface area contributed by atoms with Crippen LogP contribution in [0, 0.1) is 5.21 Å². The van der Waals surface area contributed by atoms with Crippen molar-refractivity contribution < 1.29 is 19.3 Å². The molecule has 1 rings (SSSR count). The van der Waals surface area contributed by atoms with Gasteiger partial charge in [-0.15, -0.1) is 29.7 Å². The minimum absolute atomic E-state index is 0.117. The number of ether oxygens (including phenoxy) is 1. The molecule has 1 heterocycles. The number of nitrogens with zero attached hydrogens (tertiary/aromatic N) is 1. The van der Waals surface area contributed by atoms with Crippen molar-refractivity contribution in [1.82, 2.24) is 0 Å². The lowest BCUT2D eigenvalue weighted by atomic mass is 10.4. The molecule has 0 spiro atoms. The number of hydrogen-bond donors (Lipinski definition) is 0. The van der Waals surface area contributed by atoms with Crippen LogP contribution in [-0.2, 0) is 9.57 Å². The highest BCUT2D eigenvalue weighted by Crippen LogP contribution is 2.30. The van der Waals surface area contributed by atoms with Crippen molar-refractivity contribution in [2.75, 3.05) is 12.9 Å². The lowest BCUT2D eigenvalue weighted by Gasteiger charge is -2.07. The van der Waals surface area contributed by atoms with Gasteiger partial charge in [0.25, 0.3) is 0 Å². The molecule has 0 fully saturated rings. The van der Waals surface area contributed by atoms with Crippen LogP contribution in [0.5, 0.6) is 0 Å². The zero-order valence-corrected chi connectivity index (χ0v) is 11.4. The molecule has 0 saturated carbocycles. The van der Waals surface area contributed by atoms with E-state index in [0.29, 0.717) is 5.75 Å². The van der Waals surface area contributed by atoms with Crippen LogP contribution in [0.15, 0.2) is 30.2 Å². The van der Waals surface area contributed by atoms with Crippen LogP contribution in [0.25, 0.3) is 0 Å². The minimum Gasteiger partial charge on any atom is -0.456 e. The second kappa shape index (κ2) is 7.78. The number of thiophene rings is 1. The third-order valence-corrected chi connectivity index (χ3v) is 4.07. The van der Waals surface area contributed by atoms with Gasteiger partial charge in [0.15, 0.2) is 0 Å². The van der Waals surface area contributed by atoms with Crippen molar-refractivity contribution in [1.29, 1.82) is 0 Å². The molecule has 0 radical (unpaired) electrons. The second-order valence-corrected chi connectivity index (χ2v) is 5.19. The maximum absolute atomic E-state index is 11.4. The first-order chi connectivity index (χ1) is 8.67. The Bertz CT molecular complexity index is 417. The summed E-state index contributed by atoms with van der Waals surface area (Å²) in [5, 5.41) is 13.1. The SMILES string of the molecule is C=CCSC(/C=[N+](\[O-])OC(=O)OC)c1cccs1. The van der Waals surface area contributed by atoms with Crippen molar-refractivity contribution in [3.05, 3.63) is 40.3 Å². The lowest BCUT2D eigenvalue weighted by Crippen LogP contribution is -2.15. The molecule has 0 saturated heterocycles. The van der Waals surface area contributed by atoms with E-state index in [2.05, 4.69) is 16.2 Å². The minimum atomic E-state index is -1.04. The summed E-state index contributed by atoms with van der Waals surface area (Å²) in [6, 6.07) is 3.81. The number of hydrogen-bond acceptors (Lipinski definition) is 6. The predicted octanol–water partition coefficient (Wildman–Crippen LogP) is 2.99. The van der Waals surface area contributed by atoms with E-state index < -0.39 is 6.16 Å². The summed E-state index contributed by atoms with van der Waals surface area (Å²) in [6.45, 7) is 3.63. The molecule has 1 aromatic rings. The Kier molecular flexibility index (Phi) is 6.31. The summed E-state index contributed by atoms with van der Waals surface area (Å²) in [5.41, 5.74) is 0. The summed E-state index contributed by atoms with van der Waals surface area (Å²) >= 11 is 3.03. The van der Waals surface area contributed by atoms with Gasteiger partial charge in [0.2, 0.25) is 6.21 Å². The van der Waals surface area contributed by atoms with Gasteiger partial charge in [0.05, 0.1) is 7.11 Å². The Labute approximate surface area is 113 Å². The maximum atomic E-state index is 11.4. The van der Waals surface area contributed by atoms with E-state index in [4.69, 9.17) is 0 Å². The predicted molar refractivity (Wildman–Crippen MR) is 72.9 cm³/mol. The molecule has 1 atom stereocenters. The molecule has 98 valence electrons. The molecule has 1 aromatic heterocycles. The molecule has 0 N–H and O–H groups in total. The molecular formula is C11H13NO4S2. The van der Waals surface area contributed by atoms with E-state index in [1.165, 1.54) is 29.3 Å². The Hall–Kier alpha value is -1.47. The number of rotatable bonds is 6. The van der Waals surface area contributed by atoms with Gasteiger partial charge in [0.1, 0.15) is 5.25 Å². The highest BCUT2D eigenvalue weighted by Gasteiger charge is 2.16. The summed E-state index contributed by atoms with van der Waals surface area (Å²) in [4.78, 5) is 16.2. The van der Waals surface area contributed by atoms with E-state index in [0.717, 1.165) is 12.0 Å². The van der Waals surface area contributed by atoms with Gasteiger partial charge in [-0.2, -0.15) is 0 Å². The standard InChI is InChI=1S/C11H13NO4S2/c1-3-6-17-10(9-5-4-7-18-9)8-12(14)16-11(13)15-2/h3-5,7-8,10H,1,6H2,2H3/b12-8+. The first kappa shape index (κ1) is 14.6. The third kappa shape index (κ3) is 4.80. The quantitative estimate of drug-likeness (QED) is 0.201. The van der Waals surface area contributed by atoms with E-state index in [-0.39, 0.29) is 10.2 Å². The molecule has 0 aliphatic rings. The van der Waals surface area contributed by atoms with Crippen molar-refractivity contribution in [2.24, 2.45) is 0 Å². The zero-order valence-electron chi connectivity index (χ0n) is 9.78. The number of carbonyl (C=O) groups is 1. The first-order valence-electron chi connectivity index (χ1n) is 5.00. The van der Waals surface area contributed by atoms with Crippen molar-refractivity contribution >= 4 is 35.5 Å². The van der Waals surface area contributed by atoms with Crippen LogP contribution < -0.4 is 0 Å². The van der Waals surface area contributed by atoms with Crippen LogP contribution in [0.4, 0.5) is 4.79 Å². The van der Waals surface area contributed by atoms with Crippen LogP contribution in [0.3, 0.4) is 0 Å². The summed E-state index contributed by atoms with van der Waals surface area (Å²) in [7, 11) is 1.14. The third-order valence-electron chi connectivity index (χ3n) is 1.81. The normalized spacial score (nSPS) is 12.8. The molecule has 0 aliphatic heterocycles. The van der Waals surface area contributed by atoms with Crippen LogP contribution >= 0.6 is 23.1 Å². The van der Waals surface area contributed by atoms with Crippen LogP contribution in [-0.4, -0.2) is 30.1 Å². The zero-order chi connectivity index (χ0) is 13.4. The van der Waals surface area contributed by atoms with Gasteiger partial charge in [-0.1, -0.05) is 12.1 Å². The molecule has 0 bridgehead atoms. The molecule has 7 heteroatoms. The maximum Gasteiger partial charge on any atom is 0.438 e. The molecule has 5 nitrogen and oxygen atoms in total. The molecule has 0 amide bonds. The van der Waals surface area contributed by atoms with E-state index in [9.17, 15) is 10.0 Å². The van der Waals surface area contributed by atoms with Gasteiger partial charge in [-0.05, 0) is 11.4 Å². The van der Waals surface area contributed by atoms with E-state index in [1.54, 1.807) is 6.08 Å². The Morgan fingerprint density at radius 3 is 3.11 bits per heavy atom. The Morgan fingerprint density at radius 1 is 1.78 bits per heavy atom. The summed E-state index contributed by atoms with van der Waals surface area (Å²) in [6.07, 6.45) is 1.98. The summed E-state index contributed by atoms with van der Waals surface area (Å²) < 4.78 is 4.23. The highest BCUT2D eigenvalue weighted by atomic mass is 32.2. The molecular weight excluding hydrogens is 274 g/mol. The van der Waals surface area contributed by atoms with Gasteiger partial charge < -0.3 is 4.74 Å². The fourth-order valence-corrected chi connectivity index (χ4v) is 2.88. The lowest BCUT2D eigenvalue weighted by molar-refractivity contribution is -0.711. The smallest absolute Gasteiger partial charge is 0.438 e. The van der Waals surface area contributed by atoms with Gasteiger partial charge in [-0.25, -0.2) is 4.79 Å². The van der Waals surface area contributed by atoms with Gasteiger partial charge >= 0.3 is 6.16 Å². The number of thioether (sulfide) groups is 1. The topological polar surface area (TPSA) is 61.6 Å². The monoisotopic (exact) mass is 287 g/mol. The van der Waals surface area contributed by atoms with Crippen LogP contribution in [0.1, 0.15) is 10.1 Å². The van der Waals surface area contributed by atoms with Crippen molar-refractivity contribution in [2.45, 2.75) is 5.25 Å². The van der Waals surface area contributed by atoms with E-state index >= 15 is 0 Å².